The van der Waals surface area contributed by atoms with Crippen LogP contribution < -0.4 is 14.4 Å². The first-order chi connectivity index (χ1) is 19.3. The highest BCUT2D eigenvalue weighted by molar-refractivity contribution is 5.97. The molecule has 8 heteroatoms. The maximum Gasteiger partial charge on any atom is 0.254 e. The second-order valence-electron chi connectivity index (χ2n) is 10.6. The zero-order valence-electron chi connectivity index (χ0n) is 23.5. The molecule has 2 heterocycles. The van der Waals surface area contributed by atoms with Crippen molar-refractivity contribution in [2.24, 2.45) is 0 Å². The molecule has 0 bridgehead atoms. The number of carbonyl (C=O) groups excluding carboxylic acids is 2. The summed E-state index contributed by atoms with van der Waals surface area (Å²) in [6.45, 7) is 4.96. The minimum Gasteiger partial charge on any atom is -0.454 e. The van der Waals surface area contributed by atoms with Crippen LogP contribution in [0.3, 0.4) is 0 Å². The molecule has 0 aliphatic carbocycles. The van der Waals surface area contributed by atoms with E-state index in [1.807, 2.05) is 56.1 Å². The Labute approximate surface area is 235 Å². The van der Waals surface area contributed by atoms with Crippen LogP contribution in [0.5, 0.6) is 11.5 Å². The van der Waals surface area contributed by atoms with Gasteiger partial charge in [-0.2, -0.15) is 0 Å². The lowest BCUT2D eigenvalue weighted by molar-refractivity contribution is -0.132. The maximum absolute atomic E-state index is 13.9. The van der Waals surface area contributed by atoms with Crippen molar-refractivity contribution in [3.05, 3.63) is 89.6 Å². The molecule has 0 unspecified atom stereocenters. The lowest BCUT2D eigenvalue weighted by atomic mass is 10.1. The summed E-state index contributed by atoms with van der Waals surface area (Å²) in [5.74, 6) is 0.850. The van der Waals surface area contributed by atoms with Gasteiger partial charge in [0.2, 0.25) is 12.7 Å². The number of aromatic nitrogens is 1. The predicted molar refractivity (Wildman–Crippen MR) is 157 cm³/mol. The van der Waals surface area contributed by atoms with Crippen molar-refractivity contribution in [2.45, 2.75) is 32.9 Å². The summed E-state index contributed by atoms with van der Waals surface area (Å²) in [7, 11) is 4.01. The number of para-hydroxylation sites is 1. The van der Waals surface area contributed by atoms with Crippen LogP contribution in [0.15, 0.2) is 72.9 Å². The van der Waals surface area contributed by atoms with Crippen LogP contribution in [0.25, 0.3) is 10.9 Å². The highest BCUT2D eigenvalue weighted by Crippen LogP contribution is 2.33. The maximum atomic E-state index is 13.9. The average molecular weight is 541 g/mol. The van der Waals surface area contributed by atoms with Crippen molar-refractivity contribution in [1.82, 2.24) is 14.8 Å². The van der Waals surface area contributed by atoms with E-state index < -0.39 is 0 Å². The minimum atomic E-state index is -0.214. The van der Waals surface area contributed by atoms with E-state index in [4.69, 9.17) is 9.47 Å². The molecule has 3 aromatic carbocycles. The molecule has 1 aliphatic rings. The molecule has 5 rings (SSSR count). The Morgan fingerprint density at radius 1 is 0.950 bits per heavy atom. The fourth-order valence-corrected chi connectivity index (χ4v) is 4.94. The van der Waals surface area contributed by atoms with Gasteiger partial charge >= 0.3 is 0 Å². The number of ether oxygens (including phenoxy) is 2. The van der Waals surface area contributed by atoms with Gasteiger partial charge in [-0.1, -0.05) is 30.3 Å². The number of amides is 2. The highest BCUT2D eigenvalue weighted by Gasteiger charge is 2.26. The molecule has 0 atom stereocenters. The highest BCUT2D eigenvalue weighted by atomic mass is 16.7. The van der Waals surface area contributed by atoms with Crippen LogP contribution in [-0.4, -0.2) is 66.6 Å². The van der Waals surface area contributed by atoms with Crippen molar-refractivity contribution in [3.8, 4) is 11.5 Å². The summed E-state index contributed by atoms with van der Waals surface area (Å²) in [5.41, 5.74) is 4.84. The number of rotatable bonds is 10. The van der Waals surface area contributed by atoms with Gasteiger partial charge in [0.05, 0.1) is 0 Å². The van der Waals surface area contributed by atoms with Gasteiger partial charge in [-0.15, -0.1) is 0 Å². The lowest BCUT2D eigenvalue weighted by Crippen LogP contribution is -2.46. The van der Waals surface area contributed by atoms with E-state index in [1.54, 1.807) is 23.1 Å². The first-order valence-corrected chi connectivity index (χ1v) is 13.6. The van der Waals surface area contributed by atoms with E-state index in [0.29, 0.717) is 36.6 Å². The number of fused-ring (bicyclic) bond motifs is 2. The normalized spacial score (nSPS) is 12.1. The van der Waals surface area contributed by atoms with Crippen molar-refractivity contribution >= 4 is 28.4 Å². The summed E-state index contributed by atoms with van der Waals surface area (Å²) in [5, 5.41) is 1.16. The number of nitrogens with one attached hydrogen (secondary N) is 1. The minimum absolute atomic E-state index is 0.0192. The van der Waals surface area contributed by atoms with Crippen LogP contribution >= 0.6 is 0 Å². The quantitative estimate of drug-likeness (QED) is 0.303. The van der Waals surface area contributed by atoms with Crippen LogP contribution in [-0.2, 0) is 17.8 Å². The summed E-state index contributed by atoms with van der Waals surface area (Å²) in [6.07, 6.45) is 2.71. The molecular weight excluding hydrogens is 504 g/mol. The van der Waals surface area contributed by atoms with Gasteiger partial charge in [-0.25, -0.2) is 0 Å². The summed E-state index contributed by atoms with van der Waals surface area (Å²) >= 11 is 0. The number of carbonyl (C=O) groups is 2. The molecule has 8 nitrogen and oxygen atoms in total. The van der Waals surface area contributed by atoms with Crippen molar-refractivity contribution in [1.29, 1.82) is 0 Å². The Kier molecular flexibility index (Phi) is 7.96. The first-order valence-electron chi connectivity index (χ1n) is 13.6. The summed E-state index contributed by atoms with van der Waals surface area (Å²) < 4.78 is 10.8. The van der Waals surface area contributed by atoms with Crippen molar-refractivity contribution < 1.29 is 19.1 Å². The van der Waals surface area contributed by atoms with E-state index in [2.05, 4.69) is 41.4 Å². The number of aromatic amines is 1. The monoisotopic (exact) mass is 540 g/mol. The fourth-order valence-electron chi connectivity index (χ4n) is 4.94. The smallest absolute Gasteiger partial charge is 0.254 e. The molecule has 2 amide bonds. The van der Waals surface area contributed by atoms with Crippen LogP contribution in [0.4, 0.5) is 5.69 Å². The molecule has 0 spiro atoms. The van der Waals surface area contributed by atoms with Crippen LogP contribution in [0.2, 0.25) is 0 Å². The molecule has 0 saturated heterocycles. The van der Waals surface area contributed by atoms with E-state index in [1.165, 1.54) is 0 Å². The number of anilines is 1. The summed E-state index contributed by atoms with van der Waals surface area (Å²) in [6, 6.07) is 21.4. The Balaban J connectivity index is 1.36. The Bertz CT molecular complexity index is 1490. The molecule has 0 saturated carbocycles. The van der Waals surface area contributed by atoms with Gasteiger partial charge in [0.1, 0.15) is 6.54 Å². The second kappa shape index (κ2) is 11.7. The van der Waals surface area contributed by atoms with Gasteiger partial charge in [0.25, 0.3) is 5.91 Å². The molecule has 0 radical (unpaired) electrons. The predicted octanol–water partition coefficient (Wildman–Crippen LogP) is 5.08. The first kappa shape index (κ1) is 27.1. The van der Waals surface area contributed by atoms with Crippen LogP contribution in [0, 0.1) is 0 Å². The molecule has 1 aromatic heterocycles. The Hall–Kier alpha value is -4.46. The Morgan fingerprint density at radius 2 is 1.70 bits per heavy atom. The lowest BCUT2D eigenvalue weighted by Gasteiger charge is -2.30. The van der Waals surface area contributed by atoms with E-state index in [-0.39, 0.29) is 31.2 Å². The van der Waals surface area contributed by atoms with Gasteiger partial charge in [-0.3, -0.25) is 9.59 Å². The largest absolute Gasteiger partial charge is 0.454 e. The SMILES string of the molecule is CC(C)N(CC(=O)N(CCc1c[nH]c2ccccc12)Cc1ccc(N(C)C)cc1)C(=O)c1ccc2c(c1)OCO2. The third-order valence-corrected chi connectivity index (χ3v) is 7.31. The van der Waals surface area contributed by atoms with Crippen molar-refractivity contribution in [3.63, 3.8) is 0 Å². The van der Waals surface area contributed by atoms with Gasteiger partial charge < -0.3 is 29.2 Å². The molecule has 4 aromatic rings. The fraction of sp³-hybridized carbons (Fsp3) is 0.312. The molecule has 0 fully saturated rings. The molecular formula is C32H36N4O4. The average Bonchev–Trinajstić information content (AvgIpc) is 3.60. The number of nitrogens with zero attached hydrogens (tertiary/aromatic N) is 3. The second-order valence-corrected chi connectivity index (χ2v) is 10.6. The number of hydrogen-bond donors (Lipinski definition) is 1. The Morgan fingerprint density at radius 3 is 2.45 bits per heavy atom. The van der Waals surface area contributed by atoms with Gasteiger partial charge in [0.15, 0.2) is 11.5 Å². The topological polar surface area (TPSA) is 78.1 Å². The third kappa shape index (κ3) is 5.91. The number of hydrogen-bond acceptors (Lipinski definition) is 5. The van der Waals surface area contributed by atoms with E-state index in [0.717, 1.165) is 27.7 Å². The van der Waals surface area contributed by atoms with Gasteiger partial charge in [-0.05, 0) is 67.8 Å². The molecule has 1 aliphatic heterocycles. The molecule has 1 N–H and O–H groups in total. The number of benzene rings is 3. The van der Waals surface area contributed by atoms with Crippen molar-refractivity contribution in [2.75, 3.05) is 38.9 Å². The molecule has 208 valence electrons. The van der Waals surface area contributed by atoms with E-state index >= 15 is 0 Å². The van der Waals surface area contributed by atoms with Crippen LogP contribution in [0.1, 0.15) is 35.3 Å². The molecule has 40 heavy (non-hydrogen) atoms. The standard InChI is InChI=1S/C32H36N4O4/c1-22(2)36(32(38)24-11-14-29-30(17-24)40-21-39-29)20-31(37)35(19-23-9-12-26(13-10-23)34(3)4)16-15-25-18-33-28-8-6-5-7-27(25)28/h5-14,17-18,22,33H,15-16,19-21H2,1-4H3. The van der Waals surface area contributed by atoms with Gasteiger partial charge in [0, 0.05) is 61.6 Å². The van der Waals surface area contributed by atoms with E-state index in [9.17, 15) is 9.59 Å². The zero-order valence-corrected chi connectivity index (χ0v) is 23.5. The summed E-state index contributed by atoms with van der Waals surface area (Å²) in [4.78, 5) is 36.2. The zero-order chi connectivity index (χ0) is 28.2. The third-order valence-electron chi connectivity index (χ3n) is 7.31. The number of H-pyrrole nitrogens is 1.